The van der Waals surface area contributed by atoms with Crippen molar-refractivity contribution in [1.82, 2.24) is 14.7 Å². The van der Waals surface area contributed by atoms with Crippen LogP contribution >= 0.6 is 0 Å². The number of amides is 1. The molecule has 1 aromatic heterocycles. The first kappa shape index (κ1) is 19.3. The fourth-order valence-electron chi connectivity index (χ4n) is 3.43. The number of nitro benzene ring substituents is 1. The van der Waals surface area contributed by atoms with E-state index >= 15 is 0 Å². The second-order valence-corrected chi connectivity index (χ2v) is 6.63. The Kier molecular flexibility index (Phi) is 5.57. The zero-order valence-electron chi connectivity index (χ0n) is 15.4. The minimum absolute atomic E-state index is 0.0283. The van der Waals surface area contributed by atoms with Gasteiger partial charge in [0.2, 0.25) is 5.91 Å². The number of likely N-dealkylation sites (tertiary alicyclic amines) is 1. The predicted octanol–water partition coefficient (Wildman–Crippen LogP) is 2.07. The molecule has 1 aromatic carbocycles. The number of para-hydroxylation sites is 2. The number of carboxylic acids is 1. The molecule has 0 unspecified atom stereocenters. The molecule has 148 valence electrons. The van der Waals surface area contributed by atoms with Gasteiger partial charge in [-0.05, 0) is 25.8 Å². The van der Waals surface area contributed by atoms with E-state index in [9.17, 15) is 19.7 Å². The van der Waals surface area contributed by atoms with Crippen molar-refractivity contribution in [1.29, 1.82) is 0 Å². The lowest BCUT2D eigenvalue weighted by molar-refractivity contribution is -0.383. The lowest BCUT2D eigenvalue weighted by Gasteiger charge is -2.32. The first-order valence-corrected chi connectivity index (χ1v) is 8.91. The highest BCUT2D eigenvalue weighted by Gasteiger charge is 2.26. The van der Waals surface area contributed by atoms with Gasteiger partial charge in [0.05, 0.1) is 29.4 Å². The summed E-state index contributed by atoms with van der Waals surface area (Å²) in [4.78, 5) is 35.9. The Labute approximate surface area is 160 Å². The molecule has 3 rings (SSSR count). The Morgan fingerprint density at radius 2 is 2.00 bits per heavy atom. The Hall–Kier alpha value is -3.43. The van der Waals surface area contributed by atoms with E-state index in [1.807, 2.05) is 0 Å². The van der Waals surface area contributed by atoms with Crippen LogP contribution in [0.3, 0.4) is 0 Å². The summed E-state index contributed by atoms with van der Waals surface area (Å²) in [6, 6.07) is 6.24. The van der Waals surface area contributed by atoms with Crippen LogP contribution in [-0.2, 0) is 4.79 Å². The maximum absolute atomic E-state index is 12.4. The van der Waals surface area contributed by atoms with E-state index in [-0.39, 0.29) is 29.7 Å². The highest BCUT2D eigenvalue weighted by Crippen LogP contribution is 2.26. The van der Waals surface area contributed by atoms with Crippen molar-refractivity contribution < 1.29 is 19.6 Å². The van der Waals surface area contributed by atoms with E-state index in [0.717, 1.165) is 0 Å². The Bertz CT molecular complexity index is 902. The molecule has 0 aliphatic carbocycles. The van der Waals surface area contributed by atoms with E-state index in [4.69, 9.17) is 5.11 Å². The minimum Gasteiger partial charge on any atom is -0.478 e. The quantitative estimate of drug-likeness (QED) is 0.573. The SMILES string of the molecule is Cc1c(C(=O)O)cnn1C1CCN(C(=O)CNc2ccccc2[N+](=O)[O-])CC1. The van der Waals surface area contributed by atoms with Crippen LogP contribution in [0, 0.1) is 17.0 Å². The number of nitrogens with zero attached hydrogens (tertiary/aromatic N) is 4. The molecular formula is C18H21N5O5. The third-order valence-electron chi connectivity index (χ3n) is 4.97. The van der Waals surface area contributed by atoms with Gasteiger partial charge in [-0.15, -0.1) is 0 Å². The van der Waals surface area contributed by atoms with Crippen LogP contribution in [0.1, 0.15) is 34.9 Å². The number of nitro groups is 1. The normalized spacial score (nSPS) is 14.7. The fraction of sp³-hybridized carbons (Fsp3) is 0.389. The lowest BCUT2D eigenvalue weighted by atomic mass is 10.0. The van der Waals surface area contributed by atoms with Gasteiger partial charge in [0.1, 0.15) is 11.3 Å². The Morgan fingerprint density at radius 1 is 1.32 bits per heavy atom. The third kappa shape index (κ3) is 3.95. The molecule has 2 N–H and O–H groups in total. The molecule has 10 nitrogen and oxygen atoms in total. The number of carbonyl (C=O) groups excluding carboxylic acids is 1. The molecule has 0 bridgehead atoms. The van der Waals surface area contributed by atoms with Crippen LogP contribution in [0.2, 0.25) is 0 Å². The Balaban J connectivity index is 1.56. The van der Waals surface area contributed by atoms with Crippen LogP contribution in [0.15, 0.2) is 30.5 Å². The molecule has 2 heterocycles. The third-order valence-corrected chi connectivity index (χ3v) is 4.97. The van der Waals surface area contributed by atoms with Gasteiger partial charge >= 0.3 is 5.97 Å². The topological polar surface area (TPSA) is 131 Å². The number of carbonyl (C=O) groups is 2. The summed E-state index contributed by atoms with van der Waals surface area (Å²) in [7, 11) is 0. The molecule has 1 fully saturated rings. The molecule has 0 saturated carbocycles. The molecule has 1 aliphatic heterocycles. The number of carboxylic acid groups (broad SMARTS) is 1. The average molecular weight is 387 g/mol. The van der Waals surface area contributed by atoms with Crippen molar-refractivity contribution in [3.8, 4) is 0 Å². The molecule has 0 radical (unpaired) electrons. The molecule has 1 aliphatic rings. The standard InChI is InChI=1S/C18H21N5O5/c1-12-14(18(25)26)10-20-22(12)13-6-8-21(9-7-13)17(24)11-19-15-4-2-3-5-16(15)23(27)28/h2-5,10,13,19H,6-9,11H2,1H3,(H,25,26). The Morgan fingerprint density at radius 3 is 2.61 bits per heavy atom. The van der Waals surface area contributed by atoms with Crippen LogP contribution in [0.4, 0.5) is 11.4 Å². The van der Waals surface area contributed by atoms with Crippen molar-refractivity contribution in [3.63, 3.8) is 0 Å². The summed E-state index contributed by atoms with van der Waals surface area (Å²) in [5.74, 6) is -1.14. The number of hydrogen-bond acceptors (Lipinski definition) is 6. The number of piperidine rings is 1. The lowest BCUT2D eigenvalue weighted by Crippen LogP contribution is -2.42. The minimum atomic E-state index is -1.00. The van der Waals surface area contributed by atoms with Gasteiger partial charge in [0.25, 0.3) is 5.69 Å². The number of aromatic carboxylic acids is 1. The molecule has 1 saturated heterocycles. The van der Waals surface area contributed by atoms with Gasteiger partial charge < -0.3 is 15.3 Å². The molecule has 28 heavy (non-hydrogen) atoms. The van der Waals surface area contributed by atoms with Gasteiger partial charge in [-0.25, -0.2) is 4.79 Å². The summed E-state index contributed by atoms with van der Waals surface area (Å²) >= 11 is 0. The van der Waals surface area contributed by atoms with E-state index < -0.39 is 10.9 Å². The van der Waals surface area contributed by atoms with Crippen LogP contribution < -0.4 is 5.32 Å². The van der Waals surface area contributed by atoms with Gasteiger partial charge in [-0.2, -0.15) is 5.10 Å². The summed E-state index contributed by atoms with van der Waals surface area (Å²) in [5, 5.41) is 27.2. The number of benzene rings is 1. The summed E-state index contributed by atoms with van der Waals surface area (Å²) in [6.07, 6.45) is 2.68. The van der Waals surface area contributed by atoms with Crippen molar-refractivity contribution in [2.45, 2.75) is 25.8 Å². The first-order chi connectivity index (χ1) is 13.4. The van der Waals surface area contributed by atoms with Crippen LogP contribution in [0.25, 0.3) is 0 Å². The predicted molar refractivity (Wildman–Crippen MR) is 100 cm³/mol. The maximum Gasteiger partial charge on any atom is 0.339 e. The van der Waals surface area contributed by atoms with Crippen molar-refractivity contribution in [3.05, 3.63) is 51.8 Å². The number of nitrogens with one attached hydrogen (secondary N) is 1. The second kappa shape index (κ2) is 8.07. The first-order valence-electron chi connectivity index (χ1n) is 8.91. The number of aromatic nitrogens is 2. The van der Waals surface area contributed by atoms with E-state index in [2.05, 4.69) is 10.4 Å². The zero-order valence-corrected chi connectivity index (χ0v) is 15.4. The molecule has 2 aromatic rings. The molecule has 1 amide bonds. The molecular weight excluding hydrogens is 366 g/mol. The van der Waals surface area contributed by atoms with Gasteiger partial charge in [-0.3, -0.25) is 19.6 Å². The fourth-order valence-corrected chi connectivity index (χ4v) is 3.43. The van der Waals surface area contributed by atoms with Gasteiger partial charge in [0.15, 0.2) is 0 Å². The maximum atomic E-state index is 12.4. The number of hydrogen-bond donors (Lipinski definition) is 2. The van der Waals surface area contributed by atoms with Crippen molar-refractivity contribution in [2.24, 2.45) is 0 Å². The van der Waals surface area contributed by atoms with Gasteiger partial charge in [-0.1, -0.05) is 12.1 Å². The highest BCUT2D eigenvalue weighted by molar-refractivity contribution is 5.88. The summed E-state index contributed by atoms with van der Waals surface area (Å²) < 4.78 is 1.72. The average Bonchev–Trinajstić information content (AvgIpc) is 3.08. The summed E-state index contributed by atoms with van der Waals surface area (Å²) in [6.45, 7) is 2.73. The van der Waals surface area contributed by atoms with Crippen molar-refractivity contribution in [2.75, 3.05) is 25.0 Å². The van der Waals surface area contributed by atoms with Gasteiger partial charge in [0, 0.05) is 19.2 Å². The van der Waals surface area contributed by atoms with E-state index in [0.29, 0.717) is 37.3 Å². The highest BCUT2D eigenvalue weighted by atomic mass is 16.6. The summed E-state index contributed by atoms with van der Waals surface area (Å²) in [5.41, 5.74) is 1.03. The van der Waals surface area contributed by atoms with Crippen molar-refractivity contribution >= 4 is 23.3 Å². The second-order valence-electron chi connectivity index (χ2n) is 6.63. The van der Waals surface area contributed by atoms with E-state index in [1.165, 1.54) is 12.3 Å². The van der Waals surface area contributed by atoms with Crippen LogP contribution in [-0.4, -0.2) is 56.2 Å². The number of anilines is 1. The van der Waals surface area contributed by atoms with E-state index in [1.54, 1.807) is 34.7 Å². The monoisotopic (exact) mass is 387 g/mol. The largest absolute Gasteiger partial charge is 0.478 e. The molecule has 0 atom stereocenters. The zero-order chi connectivity index (χ0) is 20.3. The smallest absolute Gasteiger partial charge is 0.339 e. The van der Waals surface area contributed by atoms with Crippen LogP contribution in [0.5, 0.6) is 0 Å². The number of rotatable bonds is 6. The molecule has 10 heteroatoms. The molecule has 0 spiro atoms.